The van der Waals surface area contributed by atoms with Gasteiger partial charge < -0.3 is 4.90 Å². The van der Waals surface area contributed by atoms with E-state index in [0.29, 0.717) is 29.0 Å². The van der Waals surface area contributed by atoms with Crippen LogP contribution in [0.3, 0.4) is 0 Å². The summed E-state index contributed by atoms with van der Waals surface area (Å²) in [5.41, 5.74) is 1.70. The number of thiazole rings is 1. The highest BCUT2D eigenvalue weighted by Gasteiger charge is 2.33. The number of hydrogen-bond donors (Lipinski definition) is 0. The number of fused-ring (bicyclic) bond motifs is 1. The van der Waals surface area contributed by atoms with Crippen molar-refractivity contribution < 1.29 is 13.2 Å². The van der Waals surface area contributed by atoms with Crippen molar-refractivity contribution in [3.63, 3.8) is 0 Å². The molecule has 1 saturated heterocycles. The van der Waals surface area contributed by atoms with Gasteiger partial charge in [-0.15, -0.1) is 11.3 Å². The third kappa shape index (κ3) is 3.24. The molecule has 1 fully saturated rings. The lowest BCUT2D eigenvalue weighted by Crippen LogP contribution is -2.50. The van der Waals surface area contributed by atoms with Crippen LogP contribution in [-0.2, 0) is 10.0 Å². The molecule has 1 aliphatic heterocycles. The van der Waals surface area contributed by atoms with Crippen LogP contribution in [0.2, 0.25) is 0 Å². The fraction of sp³-hybridized carbons (Fsp3) is 0.375. The molecule has 0 unspecified atom stereocenters. The molecule has 3 heterocycles. The Hall–Kier alpha value is -1.95. The first-order chi connectivity index (χ1) is 12.9. The van der Waals surface area contributed by atoms with Crippen molar-refractivity contribution in [3.8, 4) is 0 Å². The van der Waals surface area contributed by atoms with Gasteiger partial charge in [-0.05, 0) is 26.0 Å². The van der Waals surface area contributed by atoms with Crippen molar-refractivity contribution in [2.24, 2.45) is 0 Å². The second kappa shape index (κ2) is 6.89. The minimum Gasteiger partial charge on any atom is -0.335 e. The van der Waals surface area contributed by atoms with Crippen molar-refractivity contribution in [1.82, 2.24) is 22.9 Å². The quantitative estimate of drug-likeness (QED) is 0.638. The van der Waals surface area contributed by atoms with Crippen LogP contribution in [0.1, 0.15) is 20.4 Å². The zero-order valence-electron chi connectivity index (χ0n) is 14.7. The standard InChI is InChI=1S/C16H17N5O3S3/c1-10-15(25-11(2)17-10)16(22)20-6-8-21(9-7-20)27(23,24)13-5-3-4-12-14(13)19-26-18-12/h3-5H,6-9H2,1-2H3. The number of hydrogen-bond acceptors (Lipinski definition) is 8. The molecule has 0 saturated carbocycles. The lowest BCUT2D eigenvalue weighted by molar-refractivity contribution is 0.0702. The van der Waals surface area contributed by atoms with Crippen molar-refractivity contribution in [2.45, 2.75) is 18.7 Å². The van der Waals surface area contributed by atoms with Gasteiger partial charge >= 0.3 is 0 Å². The summed E-state index contributed by atoms with van der Waals surface area (Å²) in [6.07, 6.45) is 0. The minimum absolute atomic E-state index is 0.0825. The molecule has 0 atom stereocenters. The maximum Gasteiger partial charge on any atom is 0.265 e. The summed E-state index contributed by atoms with van der Waals surface area (Å²) in [5.74, 6) is -0.0825. The Morgan fingerprint density at radius 2 is 1.85 bits per heavy atom. The largest absolute Gasteiger partial charge is 0.335 e. The molecule has 11 heteroatoms. The van der Waals surface area contributed by atoms with E-state index in [0.717, 1.165) is 22.4 Å². The van der Waals surface area contributed by atoms with Crippen molar-refractivity contribution >= 4 is 50.0 Å². The van der Waals surface area contributed by atoms with Crippen LogP contribution >= 0.6 is 23.1 Å². The number of benzene rings is 1. The van der Waals surface area contributed by atoms with Gasteiger partial charge in [0, 0.05) is 26.2 Å². The minimum atomic E-state index is -3.69. The molecule has 0 radical (unpaired) electrons. The van der Waals surface area contributed by atoms with Crippen LogP contribution in [-0.4, -0.2) is 63.4 Å². The summed E-state index contributed by atoms with van der Waals surface area (Å²) in [4.78, 5) is 19.5. The number of piperazine rings is 1. The number of carbonyl (C=O) groups excluding carboxylic acids is 1. The third-order valence-corrected chi connectivity index (χ3v) is 8.02. The van der Waals surface area contributed by atoms with E-state index in [4.69, 9.17) is 0 Å². The number of sulfonamides is 1. The molecule has 4 rings (SSSR count). The Bertz CT molecular complexity index is 1110. The first-order valence-electron chi connectivity index (χ1n) is 8.32. The number of amides is 1. The summed E-state index contributed by atoms with van der Waals surface area (Å²) in [5, 5.41) is 0.849. The van der Waals surface area contributed by atoms with Crippen molar-refractivity contribution in [2.75, 3.05) is 26.2 Å². The lowest BCUT2D eigenvalue weighted by Gasteiger charge is -2.33. The number of aromatic nitrogens is 3. The van der Waals surface area contributed by atoms with Crippen LogP contribution in [0.5, 0.6) is 0 Å². The molecule has 1 amide bonds. The molecule has 3 aromatic rings. The smallest absolute Gasteiger partial charge is 0.265 e. The predicted molar refractivity (Wildman–Crippen MR) is 104 cm³/mol. The van der Waals surface area contributed by atoms with Crippen LogP contribution in [0.4, 0.5) is 0 Å². The van der Waals surface area contributed by atoms with Crippen molar-refractivity contribution in [3.05, 3.63) is 33.8 Å². The first kappa shape index (κ1) is 18.4. The Morgan fingerprint density at radius 3 is 2.52 bits per heavy atom. The van der Waals surface area contributed by atoms with E-state index in [1.54, 1.807) is 23.1 Å². The molecule has 0 spiro atoms. The maximum absolute atomic E-state index is 13.1. The van der Waals surface area contributed by atoms with E-state index < -0.39 is 10.0 Å². The Morgan fingerprint density at radius 1 is 1.11 bits per heavy atom. The van der Waals surface area contributed by atoms with Crippen LogP contribution in [0, 0.1) is 13.8 Å². The predicted octanol–water partition coefficient (Wildman–Crippen LogP) is 1.91. The normalized spacial score (nSPS) is 16.1. The summed E-state index contributed by atoms with van der Waals surface area (Å²) < 4.78 is 35.8. The van der Waals surface area contributed by atoms with Gasteiger partial charge in [0.25, 0.3) is 5.91 Å². The van der Waals surface area contributed by atoms with Crippen LogP contribution in [0.15, 0.2) is 23.1 Å². The van der Waals surface area contributed by atoms with Gasteiger partial charge in [0.1, 0.15) is 20.8 Å². The topological polar surface area (TPSA) is 96.4 Å². The lowest BCUT2D eigenvalue weighted by atomic mass is 10.3. The molecule has 142 valence electrons. The van der Waals surface area contributed by atoms with Crippen molar-refractivity contribution in [1.29, 1.82) is 0 Å². The van der Waals surface area contributed by atoms with E-state index in [2.05, 4.69) is 13.7 Å². The molecule has 27 heavy (non-hydrogen) atoms. The summed E-state index contributed by atoms with van der Waals surface area (Å²) in [6, 6.07) is 4.97. The monoisotopic (exact) mass is 423 g/mol. The molecule has 8 nitrogen and oxygen atoms in total. The average Bonchev–Trinajstić information content (AvgIpc) is 3.26. The fourth-order valence-electron chi connectivity index (χ4n) is 3.13. The molecule has 0 aliphatic carbocycles. The number of carbonyl (C=O) groups is 1. The molecular formula is C16H17N5O3S3. The highest BCUT2D eigenvalue weighted by Crippen LogP contribution is 2.26. The van der Waals surface area contributed by atoms with E-state index in [9.17, 15) is 13.2 Å². The van der Waals surface area contributed by atoms with E-state index in [1.807, 2.05) is 13.8 Å². The number of rotatable bonds is 3. The second-order valence-corrected chi connectivity index (χ2v) is 9.87. The Balaban J connectivity index is 1.53. The van der Waals surface area contributed by atoms with Crippen LogP contribution in [0.25, 0.3) is 11.0 Å². The molecule has 0 bridgehead atoms. The average molecular weight is 424 g/mol. The number of aryl methyl sites for hydroxylation is 2. The highest BCUT2D eigenvalue weighted by molar-refractivity contribution is 7.89. The van der Waals surface area contributed by atoms with Gasteiger partial charge in [-0.1, -0.05) is 6.07 Å². The molecule has 1 aromatic carbocycles. The molecular weight excluding hydrogens is 406 g/mol. The molecule has 0 N–H and O–H groups in total. The summed E-state index contributed by atoms with van der Waals surface area (Å²) in [6.45, 7) is 4.88. The van der Waals surface area contributed by atoms with Gasteiger partial charge in [-0.3, -0.25) is 4.79 Å². The Kier molecular flexibility index (Phi) is 4.70. The maximum atomic E-state index is 13.1. The van der Waals surface area contributed by atoms with Crippen LogP contribution < -0.4 is 0 Å². The van der Waals surface area contributed by atoms with Gasteiger partial charge in [0.05, 0.1) is 22.4 Å². The van der Waals surface area contributed by atoms with Gasteiger partial charge in [0.15, 0.2) is 0 Å². The van der Waals surface area contributed by atoms with E-state index >= 15 is 0 Å². The molecule has 2 aromatic heterocycles. The number of nitrogens with zero attached hydrogens (tertiary/aromatic N) is 5. The van der Waals surface area contributed by atoms with Gasteiger partial charge in [0.2, 0.25) is 10.0 Å². The SMILES string of the molecule is Cc1nc(C)c(C(=O)N2CCN(S(=O)(=O)c3cccc4nsnc34)CC2)s1. The summed E-state index contributed by atoms with van der Waals surface area (Å²) in [7, 11) is -3.69. The van der Waals surface area contributed by atoms with E-state index in [-0.39, 0.29) is 23.9 Å². The zero-order chi connectivity index (χ0) is 19.2. The highest BCUT2D eigenvalue weighted by atomic mass is 32.2. The Labute approximate surface area is 164 Å². The van der Waals surface area contributed by atoms with Gasteiger partial charge in [-0.25, -0.2) is 13.4 Å². The molecule has 1 aliphatic rings. The zero-order valence-corrected chi connectivity index (χ0v) is 17.2. The first-order valence-corrected chi connectivity index (χ1v) is 11.3. The van der Waals surface area contributed by atoms with E-state index in [1.165, 1.54) is 15.6 Å². The fourth-order valence-corrected chi connectivity index (χ4v) is 6.20. The summed E-state index contributed by atoms with van der Waals surface area (Å²) >= 11 is 2.37. The third-order valence-electron chi connectivity index (χ3n) is 4.49. The van der Waals surface area contributed by atoms with Gasteiger partial charge in [-0.2, -0.15) is 13.1 Å². The second-order valence-electron chi connectivity index (χ2n) is 6.23.